The molecule has 1 saturated carbocycles. The summed E-state index contributed by atoms with van der Waals surface area (Å²) in [6.45, 7) is 6.47. The second kappa shape index (κ2) is 5.97. The van der Waals surface area contributed by atoms with Crippen molar-refractivity contribution in [2.24, 2.45) is 24.8 Å². The highest BCUT2D eigenvalue weighted by Crippen LogP contribution is 2.45. The van der Waals surface area contributed by atoms with E-state index in [4.69, 9.17) is 0 Å². The van der Waals surface area contributed by atoms with E-state index in [2.05, 4.69) is 43.3 Å². The molecule has 6 atom stereocenters. The van der Waals surface area contributed by atoms with Crippen molar-refractivity contribution in [2.75, 3.05) is 7.05 Å². The molecule has 1 aliphatic heterocycles. The molecule has 25 heavy (non-hydrogen) atoms. The van der Waals surface area contributed by atoms with E-state index in [1.54, 1.807) is 0 Å². The van der Waals surface area contributed by atoms with Crippen LogP contribution in [0.1, 0.15) is 49.2 Å². The number of nitrogens with zero attached hydrogens (tertiary/aromatic N) is 3. The Kier molecular flexibility index (Phi) is 4.02. The van der Waals surface area contributed by atoms with Gasteiger partial charge in [0.15, 0.2) is 0 Å². The molecule has 3 aliphatic rings. The second-order valence-electron chi connectivity index (χ2n) is 8.37. The molecule has 2 aliphatic carbocycles. The van der Waals surface area contributed by atoms with E-state index in [1.165, 1.54) is 18.4 Å². The number of carbonyl (C=O) groups excluding carboxylic acids is 1. The summed E-state index contributed by atoms with van der Waals surface area (Å²) in [7, 11) is 3.92. The number of amides is 1. The first-order valence-electron chi connectivity index (χ1n) is 9.57. The third-order valence-corrected chi connectivity index (χ3v) is 6.90. The highest BCUT2D eigenvalue weighted by Gasteiger charge is 2.44. The maximum absolute atomic E-state index is 12.5. The van der Waals surface area contributed by atoms with Crippen LogP contribution in [-0.4, -0.2) is 39.7 Å². The third-order valence-electron chi connectivity index (χ3n) is 6.90. The lowest BCUT2D eigenvalue weighted by molar-refractivity contribution is -0.127. The molecule has 0 spiro atoms. The van der Waals surface area contributed by atoms with Crippen molar-refractivity contribution in [1.29, 1.82) is 0 Å². The van der Waals surface area contributed by atoms with Crippen LogP contribution in [0.5, 0.6) is 0 Å². The normalized spacial score (nSPS) is 35.2. The topological polar surface area (TPSA) is 50.2 Å². The zero-order valence-corrected chi connectivity index (χ0v) is 16.0. The van der Waals surface area contributed by atoms with Gasteiger partial charge in [-0.1, -0.05) is 12.2 Å². The van der Waals surface area contributed by atoms with Gasteiger partial charge >= 0.3 is 0 Å². The predicted octanol–water partition coefficient (Wildman–Crippen LogP) is 2.50. The Morgan fingerprint density at radius 3 is 2.56 bits per heavy atom. The molecule has 4 rings (SSSR count). The molecule has 0 radical (unpaired) electrons. The van der Waals surface area contributed by atoms with Gasteiger partial charge in [0.2, 0.25) is 5.91 Å². The number of aromatic nitrogens is 2. The van der Waals surface area contributed by atoms with Gasteiger partial charge in [-0.15, -0.1) is 0 Å². The van der Waals surface area contributed by atoms with Crippen molar-refractivity contribution in [3.63, 3.8) is 0 Å². The number of allylic oxidation sites excluding steroid dienone is 2. The van der Waals surface area contributed by atoms with E-state index in [1.807, 2.05) is 23.7 Å². The Morgan fingerprint density at radius 2 is 2.00 bits per heavy atom. The van der Waals surface area contributed by atoms with E-state index < -0.39 is 0 Å². The largest absolute Gasteiger partial charge is 0.337 e. The fourth-order valence-corrected chi connectivity index (χ4v) is 5.49. The van der Waals surface area contributed by atoms with E-state index in [0.717, 1.165) is 23.2 Å². The minimum absolute atomic E-state index is 0.0813. The van der Waals surface area contributed by atoms with Crippen molar-refractivity contribution in [3.8, 4) is 0 Å². The minimum atomic E-state index is 0.0813. The fraction of sp³-hybridized carbons (Fsp3) is 0.700. The SMILES string of the molecule is Cc1nn(C)c(C)c1[C@H]1[C@H](NC(C)C2CC3C=CC2C3)CC(=O)N1C. The standard InChI is InChI=1S/C20H30N4O/c1-11(16-9-14-6-7-15(16)8-14)21-17-10-18(25)23(4)20(17)19-12(2)22-24(5)13(19)3/h6-7,11,14-17,20-21H,8-10H2,1-5H3/t11?,14?,15?,16?,17-,20-/m1/s1. The van der Waals surface area contributed by atoms with Crippen LogP contribution < -0.4 is 5.32 Å². The molecule has 2 bridgehead atoms. The van der Waals surface area contributed by atoms with Gasteiger partial charge in [-0.05, 0) is 51.4 Å². The molecule has 1 aromatic rings. The van der Waals surface area contributed by atoms with Crippen LogP contribution >= 0.6 is 0 Å². The van der Waals surface area contributed by atoms with Crippen LogP contribution in [-0.2, 0) is 11.8 Å². The number of likely N-dealkylation sites (tertiary alicyclic amines) is 1. The van der Waals surface area contributed by atoms with Gasteiger partial charge in [-0.25, -0.2) is 0 Å². The maximum Gasteiger partial charge on any atom is 0.224 e. The van der Waals surface area contributed by atoms with Gasteiger partial charge < -0.3 is 10.2 Å². The van der Waals surface area contributed by atoms with Crippen molar-refractivity contribution >= 4 is 5.91 Å². The van der Waals surface area contributed by atoms with Gasteiger partial charge in [-0.2, -0.15) is 5.10 Å². The molecule has 1 aromatic heterocycles. The lowest BCUT2D eigenvalue weighted by Gasteiger charge is -2.32. The minimum Gasteiger partial charge on any atom is -0.337 e. The Labute approximate surface area is 150 Å². The van der Waals surface area contributed by atoms with Crippen LogP contribution in [0.4, 0.5) is 0 Å². The summed E-state index contributed by atoms with van der Waals surface area (Å²) in [5.74, 6) is 2.44. The summed E-state index contributed by atoms with van der Waals surface area (Å²) in [6.07, 6.45) is 8.00. The molecule has 136 valence electrons. The maximum atomic E-state index is 12.5. The number of hydrogen-bond acceptors (Lipinski definition) is 3. The molecule has 4 unspecified atom stereocenters. The number of likely N-dealkylation sites (N-methyl/N-ethyl adjacent to an activating group) is 1. The van der Waals surface area contributed by atoms with Crippen LogP contribution in [0.25, 0.3) is 0 Å². The van der Waals surface area contributed by atoms with Gasteiger partial charge in [0.05, 0.1) is 11.7 Å². The molecule has 5 nitrogen and oxygen atoms in total. The van der Waals surface area contributed by atoms with Crippen molar-refractivity contribution < 1.29 is 4.79 Å². The molecule has 1 N–H and O–H groups in total. The average molecular weight is 342 g/mol. The van der Waals surface area contributed by atoms with E-state index in [-0.39, 0.29) is 18.0 Å². The number of fused-ring (bicyclic) bond motifs is 2. The van der Waals surface area contributed by atoms with Crippen molar-refractivity contribution in [2.45, 2.75) is 58.2 Å². The first-order valence-corrected chi connectivity index (χ1v) is 9.57. The summed E-state index contributed by atoms with van der Waals surface area (Å²) < 4.78 is 1.93. The number of rotatable bonds is 4. The molecule has 1 saturated heterocycles. The lowest BCUT2D eigenvalue weighted by atomic mass is 9.86. The van der Waals surface area contributed by atoms with Gasteiger partial charge in [0.25, 0.3) is 0 Å². The molecule has 2 fully saturated rings. The molecule has 0 aromatic carbocycles. The number of hydrogen-bond donors (Lipinski definition) is 1. The highest BCUT2D eigenvalue weighted by molar-refractivity contribution is 5.80. The van der Waals surface area contributed by atoms with Crippen LogP contribution in [0.3, 0.4) is 0 Å². The predicted molar refractivity (Wildman–Crippen MR) is 98.0 cm³/mol. The van der Waals surface area contributed by atoms with Gasteiger partial charge in [0.1, 0.15) is 0 Å². The zero-order valence-electron chi connectivity index (χ0n) is 16.0. The summed E-state index contributed by atoms with van der Waals surface area (Å²) in [4.78, 5) is 14.4. The summed E-state index contributed by atoms with van der Waals surface area (Å²) in [5.41, 5.74) is 3.41. The van der Waals surface area contributed by atoms with Crippen LogP contribution in [0, 0.1) is 31.6 Å². The first kappa shape index (κ1) is 16.8. The first-order chi connectivity index (χ1) is 11.9. The molecule has 1 amide bonds. The summed E-state index contributed by atoms with van der Waals surface area (Å²) in [6, 6.07) is 0.680. The second-order valence-corrected chi connectivity index (χ2v) is 8.37. The Balaban J connectivity index is 1.57. The quantitative estimate of drug-likeness (QED) is 0.856. The van der Waals surface area contributed by atoms with Crippen molar-refractivity contribution in [1.82, 2.24) is 20.0 Å². The Bertz CT molecular complexity index is 722. The van der Waals surface area contributed by atoms with Gasteiger partial charge in [0, 0.05) is 43.9 Å². The smallest absolute Gasteiger partial charge is 0.224 e. The van der Waals surface area contributed by atoms with Crippen LogP contribution in [0.15, 0.2) is 12.2 Å². The van der Waals surface area contributed by atoms with Crippen LogP contribution in [0.2, 0.25) is 0 Å². The molecular weight excluding hydrogens is 312 g/mol. The van der Waals surface area contributed by atoms with E-state index in [9.17, 15) is 4.79 Å². The van der Waals surface area contributed by atoms with Gasteiger partial charge in [-0.3, -0.25) is 9.48 Å². The number of aryl methyl sites for hydroxylation is 2. The number of carbonyl (C=O) groups is 1. The van der Waals surface area contributed by atoms with Crippen molar-refractivity contribution in [3.05, 3.63) is 29.1 Å². The van der Waals surface area contributed by atoms with E-state index >= 15 is 0 Å². The number of nitrogens with one attached hydrogen (secondary N) is 1. The van der Waals surface area contributed by atoms with E-state index in [0.29, 0.717) is 18.4 Å². The zero-order chi connectivity index (χ0) is 17.9. The lowest BCUT2D eigenvalue weighted by Crippen LogP contribution is -2.44. The Morgan fingerprint density at radius 1 is 1.24 bits per heavy atom. The fourth-order valence-electron chi connectivity index (χ4n) is 5.49. The Hall–Kier alpha value is -1.62. The molecule has 2 heterocycles. The molecule has 5 heteroatoms. The summed E-state index contributed by atoms with van der Waals surface area (Å²) >= 11 is 0. The third kappa shape index (κ3) is 2.64. The summed E-state index contributed by atoms with van der Waals surface area (Å²) in [5, 5.41) is 8.42. The average Bonchev–Trinajstić information content (AvgIpc) is 3.30. The monoisotopic (exact) mass is 342 g/mol. The molecular formula is C20H30N4O. The highest BCUT2D eigenvalue weighted by atomic mass is 16.2.